The SMILES string of the molecule is OCCN1CCN(C2=Nc3ccccc3SC3=C2CCC=C3)CC1. The molecule has 5 heteroatoms. The molecule has 0 saturated carbocycles. The summed E-state index contributed by atoms with van der Waals surface area (Å²) in [6.07, 6.45) is 6.71. The van der Waals surface area contributed by atoms with Crippen LogP contribution >= 0.6 is 11.8 Å². The Morgan fingerprint density at radius 1 is 1.12 bits per heavy atom. The highest BCUT2D eigenvalue weighted by atomic mass is 32.2. The van der Waals surface area contributed by atoms with Gasteiger partial charge in [-0.05, 0) is 25.0 Å². The minimum absolute atomic E-state index is 0.241. The molecule has 0 radical (unpaired) electrons. The van der Waals surface area contributed by atoms with Crippen molar-refractivity contribution in [2.24, 2.45) is 4.99 Å². The van der Waals surface area contributed by atoms with Crippen molar-refractivity contribution in [1.29, 1.82) is 0 Å². The van der Waals surface area contributed by atoms with Gasteiger partial charge in [0, 0.05) is 48.1 Å². The summed E-state index contributed by atoms with van der Waals surface area (Å²) >= 11 is 1.85. The fourth-order valence-electron chi connectivity index (χ4n) is 3.48. The fourth-order valence-corrected chi connectivity index (χ4v) is 4.56. The molecule has 2 aliphatic heterocycles. The molecular formula is C19H23N3OS. The number of para-hydroxylation sites is 1. The normalized spacial score (nSPS) is 21.2. The number of aliphatic hydroxyl groups is 1. The molecular weight excluding hydrogens is 318 g/mol. The lowest BCUT2D eigenvalue weighted by Crippen LogP contribution is -2.49. The first-order valence-corrected chi connectivity index (χ1v) is 9.50. The van der Waals surface area contributed by atoms with Gasteiger partial charge in [0.05, 0.1) is 12.3 Å². The Hall–Kier alpha value is -1.56. The van der Waals surface area contributed by atoms with Gasteiger partial charge in [-0.2, -0.15) is 0 Å². The van der Waals surface area contributed by atoms with Gasteiger partial charge in [-0.25, -0.2) is 4.99 Å². The number of allylic oxidation sites excluding steroid dienone is 2. The van der Waals surface area contributed by atoms with E-state index in [0.29, 0.717) is 0 Å². The number of thioether (sulfide) groups is 1. The highest BCUT2D eigenvalue weighted by Gasteiger charge is 2.26. The number of fused-ring (bicyclic) bond motifs is 1. The van der Waals surface area contributed by atoms with Crippen molar-refractivity contribution in [3.05, 3.63) is 46.9 Å². The van der Waals surface area contributed by atoms with Crippen LogP contribution in [0, 0.1) is 0 Å². The molecule has 1 aromatic carbocycles. The van der Waals surface area contributed by atoms with E-state index in [-0.39, 0.29) is 6.61 Å². The van der Waals surface area contributed by atoms with E-state index in [9.17, 15) is 0 Å². The Labute approximate surface area is 147 Å². The summed E-state index contributed by atoms with van der Waals surface area (Å²) in [5, 5.41) is 9.14. The molecule has 2 heterocycles. The minimum Gasteiger partial charge on any atom is -0.395 e. The number of β-amino-alcohol motifs (C(OH)–C–C–N with tert-alkyl or cyclic N) is 1. The second kappa shape index (κ2) is 7.13. The molecule has 126 valence electrons. The maximum Gasteiger partial charge on any atom is 0.133 e. The van der Waals surface area contributed by atoms with Gasteiger partial charge < -0.3 is 10.0 Å². The monoisotopic (exact) mass is 341 g/mol. The van der Waals surface area contributed by atoms with Gasteiger partial charge in [0.2, 0.25) is 0 Å². The predicted octanol–water partition coefficient (Wildman–Crippen LogP) is 3.04. The number of benzene rings is 1. The molecule has 0 aromatic heterocycles. The summed E-state index contributed by atoms with van der Waals surface area (Å²) in [4.78, 5) is 12.4. The Balaban J connectivity index is 1.66. The zero-order chi connectivity index (χ0) is 16.4. The van der Waals surface area contributed by atoms with E-state index >= 15 is 0 Å². The molecule has 24 heavy (non-hydrogen) atoms. The van der Waals surface area contributed by atoms with Crippen molar-refractivity contribution in [3.63, 3.8) is 0 Å². The number of piperazine rings is 1. The number of rotatable bonds is 2. The van der Waals surface area contributed by atoms with Crippen LogP contribution in [0.2, 0.25) is 0 Å². The summed E-state index contributed by atoms with van der Waals surface area (Å²) < 4.78 is 0. The van der Waals surface area contributed by atoms with Gasteiger partial charge in [0.15, 0.2) is 0 Å². The maximum atomic E-state index is 9.14. The van der Waals surface area contributed by atoms with Crippen LogP contribution in [-0.4, -0.2) is 60.1 Å². The van der Waals surface area contributed by atoms with E-state index in [1.54, 1.807) is 0 Å². The molecule has 1 saturated heterocycles. The standard InChI is InChI=1S/C19H23N3OS/c23-14-13-21-9-11-22(12-10-21)19-15-5-1-3-7-17(15)24-18-8-4-2-6-16(18)20-19/h2-4,6-8,23H,1,5,9-14H2. The van der Waals surface area contributed by atoms with Gasteiger partial charge in [-0.15, -0.1) is 0 Å². The largest absolute Gasteiger partial charge is 0.395 e. The predicted molar refractivity (Wildman–Crippen MR) is 99.9 cm³/mol. The molecule has 0 spiro atoms. The number of nitrogens with zero attached hydrogens (tertiary/aromatic N) is 3. The molecule has 0 amide bonds. The summed E-state index contributed by atoms with van der Waals surface area (Å²) in [5.41, 5.74) is 2.48. The van der Waals surface area contributed by atoms with Crippen molar-refractivity contribution >= 4 is 23.3 Å². The lowest BCUT2D eigenvalue weighted by molar-refractivity contribution is 0.147. The molecule has 0 atom stereocenters. The third kappa shape index (κ3) is 3.16. The Morgan fingerprint density at radius 3 is 2.79 bits per heavy atom. The molecule has 0 bridgehead atoms. The fraction of sp³-hybridized carbons (Fsp3) is 0.421. The van der Waals surface area contributed by atoms with E-state index in [1.165, 1.54) is 15.4 Å². The molecule has 3 aliphatic rings. The van der Waals surface area contributed by atoms with Crippen molar-refractivity contribution < 1.29 is 5.11 Å². The van der Waals surface area contributed by atoms with Gasteiger partial charge in [0.25, 0.3) is 0 Å². The van der Waals surface area contributed by atoms with Crippen LogP contribution in [-0.2, 0) is 0 Å². The first-order chi connectivity index (χ1) is 11.8. The molecule has 1 fully saturated rings. The van der Waals surface area contributed by atoms with Crippen molar-refractivity contribution in [2.75, 3.05) is 39.3 Å². The Morgan fingerprint density at radius 2 is 1.96 bits per heavy atom. The van der Waals surface area contributed by atoms with Gasteiger partial charge >= 0.3 is 0 Å². The second-order valence-electron chi connectivity index (χ2n) is 6.34. The van der Waals surface area contributed by atoms with Crippen LogP contribution in [0.4, 0.5) is 5.69 Å². The van der Waals surface area contributed by atoms with Crippen LogP contribution in [0.1, 0.15) is 12.8 Å². The number of amidine groups is 1. The lowest BCUT2D eigenvalue weighted by atomic mass is 10.0. The minimum atomic E-state index is 0.241. The number of hydrogen-bond acceptors (Lipinski definition) is 5. The van der Waals surface area contributed by atoms with E-state index in [4.69, 9.17) is 10.1 Å². The van der Waals surface area contributed by atoms with E-state index in [0.717, 1.165) is 57.1 Å². The van der Waals surface area contributed by atoms with Crippen molar-refractivity contribution in [1.82, 2.24) is 9.80 Å². The topological polar surface area (TPSA) is 39.1 Å². The summed E-state index contributed by atoms with van der Waals surface area (Å²) in [7, 11) is 0. The van der Waals surface area contributed by atoms with Crippen LogP contribution in [0.3, 0.4) is 0 Å². The summed E-state index contributed by atoms with van der Waals surface area (Å²) in [5.74, 6) is 1.16. The Kier molecular flexibility index (Phi) is 4.74. The number of aliphatic hydroxyl groups excluding tert-OH is 1. The Bertz CT molecular complexity index is 702. The molecule has 1 aromatic rings. The summed E-state index contributed by atoms with van der Waals surface area (Å²) in [6.45, 7) is 4.96. The van der Waals surface area contributed by atoms with Crippen LogP contribution < -0.4 is 0 Å². The van der Waals surface area contributed by atoms with Crippen molar-refractivity contribution in [2.45, 2.75) is 17.7 Å². The van der Waals surface area contributed by atoms with Crippen LogP contribution in [0.25, 0.3) is 0 Å². The van der Waals surface area contributed by atoms with Gasteiger partial charge in [-0.3, -0.25) is 4.90 Å². The first-order valence-electron chi connectivity index (χ1n) is 8.69. The third-order valence-electron chi connectivity index (χ3n) is 4.80. The number of aliphatic imine (C=N–C) groups is 1. The smallest absolute Gasteiger partial charge is 0.133 e. The van der Waals surface area contributed by atoms with Crippen LogP contribution in [0.5, 0.6) is 0 Å². The molecule has 4 rings (SSSR count). The van der Waals surface area contributed by atoms with Gasteiger partial charge in [-0.1, -0.05) is 36.0 Å². The second-order valence-corrected chi connectivity index (χ2v) is 7.43. The van der Waals surface area contributed by atoms with Gasteiger partial charge in [0.1, 0.15) is 5.84 Å². The van der Waals surface area contributed by atoms with E-state index < -0.39 is 0 Å². The third-order valence-corrected chi connectivity index (χ3v) is 5.96. The molecule has 1 aliphatic carbocycles. The van der Waals surface area contributed by atoms with E-state index in [1.807, 2.05) is 11.8 Å². The zero-order valence-corrected chi connectivity index (χ0v) is 14.6. The highest BCUT2D eigenvalue weighted by Crippen LogP contribution is 2.42. The molecule has 1 N–H and O–H groups in total. The molecule has 0 unspecified atom stereocenters. The van der Waals surface area contributed by atoms with Crippen molar-refractivity contribution in [3.8, 4) is 0 Å². The molecule has 4 nitrogen and oxygen atoms in total. The highest BCUT2D eigenvalue weighted by molar-refractivity contribution is 8.03. The van der Waals surface area contributed by atoms with E-state index in [2.05, 4.69) is 46.2 Å². The quantitative estimate of drug-likeness (QED) is 0.897. The first kappa shape index (κ1) is 15.9. The maximum absolute atomic E-state index is 9.14. The summed E-state index contributed by atoms with van der Waals surface area (Å²) in [6, 6.07) is 8.44. The zero-order valence-electron chi connectivity index (χ0n) is 13.8. The lowest BCUT2D eigenvalue weighted by Gasteiger charge is -2.37. The van der Waals surface area contributed by atoms with Crippen LogP contribution in [0.15, 0.2) is 56.8 Å². The average Bonchev–Trinajstić information content (AvgIpc) is 2.79. The average molecular weight is 341 g/mol. The number of hydrogen-bond donors (Lipinski definition) is 1.